The van der Waals surface area contributed by atoms with E-state index in [9.17, 15) is 9.59 Å². The van der Waals surface area contributed by atoms with E-state index in [1.807, 2.05) is 19.9 Å². The quantitative estimate of drug-likeness (QED) is 0.226. The first-order chi connectivity index (χ1) is 14.3. The summed E-state index contributed by atoms with van der Waals surface area (Å²) in [5, 5.41) is 6.55. The minimum absolute atomic E-state index is 0.00865. The zero-order valence-electron chi connectivity index (χ0n) is 17.2. The van der Waals surface area contributed by atoms with Crippen LogP contribution in [0.1, 0.15) is 25.8 Å². The SMILES string of the molecule is COc1cccc(NC(=O)CC(=O)NN=Cc2cc(I)c(OC(C)C)c(OC)c2)c1. The Morgan fingerprint density at radius 2 is 1.90 bits per heavy atom. The molecule has 0 radical (unpaired) electrons. The molecule has 0 aliphatic heterocycles. The van der Waals surface area contributed by atoms with Gasteiger partial charge in [0, 0.05) is 11.8 Å². The Morgan fingerprint density at radius 3 is 2.57 bits per heavy atom. The molecule has 0 atom stereocenters. The minimum Gasteiger partial charge on any atom is -0.497 e. The topological polar surface area (TPSA) is 98.2 Å². The summed E-state index contributed by atoms with van der Waals surface area (Å²) < 4.78 is 17.1. The smallest absolute Gasteiger partial charge is 0.249 e. The van der Waals surface area contributed by atoms with Crippen LogP contribution in [0.15, 0.2) is 41.5 Å². The largest absolute Gasteiger partial charge is 0.497 e. The molecule has 2 aromatic carbocycles. The Bertz CT molecular complexity index is 931. The third-order valence-electron chi connectivity index (χ3n) is 3.68. The molecular weight excluding hydrogens is 501 g/mol. The number of nitrogens with one attached hydrogen (secondary N) is 2. The maximum atomic E-state index is 12.0. The van der Waals surface area contributed by atoms with Gasteiger partial charge in [0.2, 0.25) is 11.8 Å². The molecule has 0 aromatic heterocycles. The molecule has 2 rings (SSSR count). The summed E-state index contributed by atoms with van der Waals surface area (Å²) in [6.07, 6.45) is 1.12. The number of rotatable bonds is 9. The second-order valence-electron chi connectivity index (χ2n) is 6.45. The number of hydrogen-bond donors (Lipinski definition) is 2. The molecule has 2 aromatic rings. The highest BCUT2D eigenvalue weighted by Crippen LogP contribution is 2.34. The molecule has 0 aliphatic carbocycles. The average molecular weight is 525 g/mol. The summed E-state index contributed by atoms with van der Waals surface area (Å²) in [5.41, 5.74) is 3.60. The first kappa shape index (κ1) is 23.5. The molecule has 8 nitrogen and oxygen atoms in total. The molecule has 0 unspecified atom stereocenters. The van der Waals surface area contributed by atoms with Gasteiger partial charge in [-0.2, -0.15) is 5.10 Å². The molecular formula is C21H24IN3O5. The molecule has 30 heavy (non-hydrogen) atoms. The monoisotopic (exact) mass is 525 g/mol. The van der Waals surface area contributed by atoms with Crippen molar-refractivity contribution in [2.24, 2.45) is 5.10 Å². The number of carbonyl (C=O) groups is 2. The molecule has 0 aliphatic rings. The zero-order valence-corrected chi connectivity index (χ0v) is 19.3. The number of benzene rings is 2. The van der Waals surface area contributed by atoms with Crippen molar-refractivity contribution in [2.75, 3.05) is 19.5 Å². The van der Waals surface area contributed by atoms with Gasteiger partial charge in [-0.3, -0.25) is 9.59 Å². The number of hydrazone groups is 1. The highest BCUT2D eigenvalue weighted by Gasteiger charge is 2.13. The maximum Gasteiger partial charge on any atom is 0.249 e. The van der Waals surface area contributed by atoms with Gasteiger partial charge in [0.1, 0.15) is 12.2 Å². The highest BCUT2D eigenvalue weighted by molar-refractivity contribution is 14.1. The number of halogens is 1. The van der Waals surface area contributed by atoms with Gasteiger partial charge in [-0.25, -0.2) is 5.43 Å². The van der Waals surface area contributed by atoms with Crippen LogP contribution < -0.4 is 25.0 Å². The molecule has 0 fully saturated rings. The lowest BCUT2D eigenvalue weighted by atomic mass is 10.2. The second-order valence-corrected chi connectivity index (χ2v) is 7.61. The number of carbonyl (C=O) groups excluding carboxylic acids is 2. The lowest BCUT2D eigenvalue weighted by Gasteiger charge is -2.15. The van der Waals surface area contributed by atoms with Crippen LogP contribution in [0, 0.1) is 3.57 Å². The zero-order chi connectivity index (χ0) is 22.1. The summed E-state index contributed by atoms with van der Waals surface area (Å²) in [7, 11) is 3.09. The van der Waals surface area contributed by atoms with Gasteiger partial charge in [0.15, 0.2) is 11.5 Å². The van der Waals surface area contributed by atoms with Crippen LogP contribution >= 0.6 is 22.6 Å². The van der Waals surface area contributed by atoms with Crippen molar-refractivity contribution < 1.29 is 23.8 Å². The number of hydrogen-bond acceptors (Lipinski definition) is 6. The summed E-state index contributed by atoms with van der Waals surface area (Å²) in [6.45, 7) is 3.87. The maximum absolute atomic E-state index is 12.0. The Morgan fingerprint density at radius 1 is 1.13 bits per heavy atom. The van der Waals surface area contributed by atoms with E-state index in [0.29, 0.717) is 28.5 Å². The Hall–Kier alpha value is -2.82. The number of methoxy groups -OCH3 is 2. The summed E-state index contributed by atoms with van der Waals surface area (Å²) in [5.74, 6) is 0.844. The molecule has 2 N–H and O–H groups in total. The molecule has 0 saturated carbocycles. The predicted octanol–water partition coefficient (Wildman–Crippen LogP) is 3.57. The Labute approximate surface area is 189 Å². The van der Waals surface area contributed by atoms with E-state index in [2.05, 4.69) is 38.4 Å². The fraction of sp³-hybridized carbons (Fsp3) is 0.286. The van der Waals surface area contributed by atoms with Gasteiger partial charge in [0.05, 0.1) is 30.1 Å². The normalized spacial score (nSPS) is 10.7. The van der Waals surface area contributed by atoms with Crippen LogP contribution in [0.2, 0.25) is 0 Å². The van der Waals surface area contributed by atoms with Crippen molar-refractivity contribution in [1.82, 2.24) is 5.43 Å². The standard InChI is InChI=1S/C21H24IN3O5/c1-13(2)30-21-17(22)8-14(9-18(21)29-4)12-23-25-20(27)11-19(26)24-15-6-5-7-16(10-15)28-3/h5-10,12-13H,11H2,1-4H3,(H,24,26)(H,25,27). The summed E-state index contributed by atoms with van der Waals surface area (Å²) >= 11 is 2.15. The van der Waals surface area contributed by atoms with E-state index in [1.165, 1.54) is 13.3 Å². The fourth-order valence-electron chi connectivity index (χ4n) is 2.43. The van der Waals surface area contributed by atoms with E-state index in [4.69, 9.17) is 14.2 Å². The first-order valence-electron chi connectivity index (χ1n) is 9.12. The number of amides is 2. The lowest BCUT2D eigenvalue weighted by Crippen LogP contribution is -2.24. The van der Waals surface area contributed by atoms with E-state index in [1.54, 1.807) is 37.4 Å². The minimum atomic E-state index is -0.534. The molecule has 2 amide bonds. The van der Waals surface area contributed by atoms with Crippen molar-refractivity contribution in [3.05, 3.63) is 45.5 Å². The first-order valence-corrected chi connectivity index (χ1v) is 10.2. The summed E-state index contributed by atoms with van der Waals surface area (Å²) in [6, 6.07) is 10.5. The Balaban J connectivity index is 1.93. The predicted molar refractivity (Wildman–Crippen MR) is 123 cm³/mol. The molecule has 160 valence electrons. The average Bonchev–Trinajstić information content (AvgIpc) is 2.69. The van der Waals surface area contributed by atoms with E-state index in [0.717, 1.165) is 3.57 Å². The van der Waals surface area contributed by atoms with Gasteiger partial charge < -0.3 is 19.5 Å². The van der Waals surface area contributed by atoms with E-state index in [-0.39, 0.29) is 12.5 Å². The molecule has 0 saturated heterocycles. The lowest BCUT2D eigenvalue weighted by molar-refractivity contribution is -0.126. The van der Waals surface area contributed by atoms with Crippen molar-refractivity contribution in [3.8, 4) is 17.2 Å². The van der Waals surface area contributed by atoms with Crippen LogP contribution in [-0.4, -0.2) is 38.4 Å². The molecule has 0 spiro atoms. The van der Waals surface area contributed by atoms with Crippen LogP contribution in [-0.2, 0) is 9.59 Å². The van der Waals surface area contributed by atoms with Gasteiger partial charge >= 0.3 is 0 Å². The second kappa shape index (κ2) is 11.4. The molecule has 0 bridgehead atoms. The van der Waals surface area contributed by atoms with Crippen LogP contribution in [0.5, 0.6) is 17.2 Å². The fourth-order valence-corrected chi connectivity index (χ4v) is 3.19. The van der Waals surface area contributed by atoms with Gasteiger partial charge in [-0.05, 0) is 66.3 Å². The van der Waals surface area contributed by atoms with Crippen molar-refractivity contribution >= 4 is 46.3 Å². The third-order valence-corrected chi connectivity index (χ3v) is 4.48. The van der Waals surface area contributed by atoms with Crippen LogP contribution in [0.25, 0.3) is 0 Å². The van der Waals surface area contributed by atoms with Crippen LogP contribution in [0.3, 0.4) is 0 Å². The van der Waals surface area contributed by atoms with Crippen molar-refractivity contribution in [1.29, 1.82) is 0 Å². The van der Waals surface area contributed by atoms with Crippen molar-refractivity contribution in [2.45, 2.75) is 26.4 Å². The molecule has 9 heteroatoms. The van der Waals surface area contributed by atoms with Gasteiger partial charge in [0.25, 0.3) is 0 Å². The van der Waals surface area contributed by atoms with Crippen LogP contribution in [0.4, 0.5) is 5.69 Å². The van der Waals surface area contributed by atoms with Gasteiger partial charge in [-0.15, -0.1) is 0 Å². The van der Waals surface area contributed by atoms with E-state index < -0.39 is 11.8 Å². The number of nitrogens with zero attached hydrogens (tertiary/aromatic N) is 1. The summed E-state index contributed by atoms with van der Waals surface area (Å²) in [4.78, 5) is 24.0. The highest BCUT2D eigenvalue weighted by atomic mass is 127. The van der Waals surface area contributed by atoms with E-state index >= 15 is 0 Å². The number of anilines is 1. The molecule has 0 heterocycles. The Kier molecular flexibility index (Phi) is 8.90. The third kappa shape index (κ3) is 7.21. The number of ether oxygens (including phenoxy) is 3. The van der Waals surface area contributed by atoms with Crippen molar-refractivity contribution in [3.63, 3.8) is 0 Å². The van der Waals surface area contributed by atoms with Gasteiger partial charge in [-0.1, -0.05) is 6.07 Å².